The van der Waals surface area contributed by atoms with Crippen LogP contribution in [-0.2, 0) is 11.3 Å². The van der Waals surface area contributed by atoms with Crippen molar-refractivity contribution in [1.29, 1.82) is 0 Å². The van der Waals surface area contributed by atoms with Crippen LogP contribution >= 0.6 is 0 Å². The molecule has 0 radical (unpaired) electrons. The van der Waals surface area contributed by atoms with Gasteiger partial charge in [-0.1, -0.05) is 18.2 Å². The van der Waals surface area contributed by atoms with Crippen molar-refractivity contribution in [3.05, 3.63) is 71.9 Å². The van der Waals surface area contributed by atoms with Crippen molar-refractivity contribution in [2.75, 3.05) is 12.4 Å². The minimum Gasteiger partial charge on any atom is -0.380 e. The number of hydrogen-bond donors (Lipinski definition) is 1. The van der Waals surface area contributed by atoms with E-state index in [0.29, 0.717) is 12.2 Å². The minimum atomic E-state index is -0.139. The molecule has 0 spiro atoms. The number of pyridine rings is 1. The zero-order chi connectivity index (χ0) is 15.4. The number of carbonyl (C=O) groups is 1. The molecule has 3 rings (SSSR count). The molecule has 0 fully saturated rings. The van der Waals surface area contributed by atoms with E-state index in [0.717, 1.165) is 22.2 Å². The third-order valence-electron chi connectivity index (χ3n) is 3.42. The van der Waals surface area contributed by atoms with E-state index in [9.17, 15) is 4.79 Å². The lowest BCUT2D eigenvalue weighted by Gasteiger charge is -2.09. The molecule has 0 aliphatic heterocycles. The first-order chi connectivity index (χ1) is 10.8. The maximum atomic E-state index is 12.4. The number of rotatable bonds is 4. The van der Waals surface area contributed by atoms with E-state index >= 15 is 0 Å². The summed E-state index contributed by atoms with van der Waals surface area (Å²) < 4.78 is 5.06. The summed E-state index contributed by atoms with van der Waals surface area (Å²) >= 11 is 0. The van der Waals surface area contributed by atoms with Crippen LogP contribution < -0.4 is 5.32 Å². The molecule has 0 unspecified atom stereocenters. The number of carbonyl (C=O) groups excluding carboxylic acids is 1. The Labute approximate surface area is 128 Å². The van der Waals surface area contributed by atoms with Crippen LogP contribution in [0.2, 0.25) is 0 Å². The zero-order valence-electron chi connectivity index (χ0n) is 12.2. The topological polar surface area (TPSA) is 51.2 Å². The zero-order valence-corrected chi connectivity index (χ0v) is 12.2. The maximum absolute atomic E-state index is 12.4. The van der Waals surface area contributed by atoms with E-state index in [1.165, 1.54) is 0 Å². The van der Waals surface area contributed by atoms with Crippen LogP contribution in [0.4, 0.5) is 5.69 Å². The standard InChI is InChI=1S/C18H16N2O2/c1-22-12-13-7-9-14(10-8-13)18(21)20-17-6-2-5-16-15(17)4-3-11-19-16/h2-11H,12H2,1H3,(H,20,21). The Balaban J connectivity index is 1.83. The lowest BCUT2D eigenvalue weighted by Crippen LogP contribution is -2.12. The second-order valence-electron chi connectivity index (χ2n) is 4.96. The van der Waals surface area contributed by atoms with Crippen molar-refractivity contribution in [1.82, 2.24) is 4.98 Å². The van der Waals surface area contributed by atoms with Gasteiger partial charge < -0.3 is 10.1 Å². The monoisotopic (exact) mass is 292 g/mol. The molecule has 1 aromatic heterocycles. The van der Waals surface area contributed by atoms with E-state index < -0.39 is 0 Å². The van der Waals surface area contributed by atoms with Crippen LogP contribution in [0, 0.1) is 0 Å². The van der Waals surface area contributed by atoms with E-state index in [4.69, 9.17) is 4.74 Å². The molecule has 22 heavy (non-hydrogen) atoms. The minimum absolute atomic E-state index is 0.139. The van der Waals surface area contributed by atoms with E-state index in [1.54, 1.807) is 25.4 Å². The number of ether oxygens (including phenoxy) is 1. The molecule has 0 saturated carbocycles. The predicted octanol–water partition coefficient (Wildman–Crippen LogP) is 3.63. The predicted molar refractivity (Wildman–Crippen MR) is 86.9 cm³/mol. The summed E-state index contributed by atoms with van der Waals surface area (Å²) in [5.74, 6) is -0.139. The molecule has 2 aromatic carbocycles. The van der Waals surface area contributed by atoms with Gasteiger partial charge in [0.1, 0.15) is 0 Å². The molecule has 0 saturated heterocycles. The molecule has 0 aliphatic rings. The summed E-state index contributed by atoms with van der Waals surface area (Å²) in [4.78, 5) is 16.7. The second kappa shape index (κ2) is 6.37. The van der Waals surface area contributed by atoms with Crippen molar-refractivity contribution < 1.29 is 9.53 Å². The highest BCUT2D eigenvalue weighted by molar-refractivity contribution is 6.08. The lowest BCUT2D eigenvalue weighted by molar-refractivity contribution is 0.102. The van der Waals surface area contributed by atoms with Crippen molar-refractivity contribution in [2.45, 2.75) is 6.61 Å². The Bertz CT molecular complexity index is 792. The molecule has 1 amide bonds. The third-order valence-corrected chi connectivity index (χ3v) is 3.42. The second-order valence-corrected chi connectivity index (χ2v) is 4.96. The highest BCUT2D eigenvalue weighted by Gasteiger charge is 2.08. The summed E-state index contributed by atoms with van der Waals surface area (Å²) in [5.41, 5.74) is 3.27. The summed E-state index contributed by atoms with van der Waals surface area (Å²) in [6, 6.07) is 16.9. The Morgan fingerprint density at radius 3 is 2.68 bits per heavy atom. The largest absolute Gasteiger partial charge is 0.380 e. The van der Waals surface area contributed by atoms with E-state index in [2.05, 4.69) is 10.3 Å². The van der Waals surface area contributed by atoms with Crippen LogP contribution in [-0.4, -0.2) is 18.0 Å². The Morgan fingerprint density at radius 1 is 1.09 bits per heavy atom. The summed E-state index contributed by atoms with van der Waals surface area (Å²) in [7, 11) is 1.65. The summed E-state index contributed by atoms with van der Waals surface area (Å²) in [5, 5.41) is 3.87. The number of anilines is 1. The SMILES string of the molecule is COCc1ccc(C(=O)Nc2cccc3ncccc23)cc1. The molecule has 0 atom stereocenters. The number of nitrogens with one attached hydrogen (secondary N) is 1. The van der Waals surface area contributed by atoms with Gasteiger partial charge in [-0.15, -0.1) is 0 Å². The van der Waals surface area contributed by atoms with Gasteiger partial charge in [-0.2, -0.15) is 0 Å². The molecular weight excluding hydrogens is 276 g/mol. The number of benzene rings is 2. The molecule has 4 heteroatoms. The number of methoxy groups -OCH3 is 1. The van der Waals surface area contributed by atoms with Crippen molar-refractivity contribution in [3.8, 4) is 0 Å². The van der Waals surface area contributed by atoms with Crippen LogP contribution in [0.3, 0.4) is 0 Å². The van der Waals surface area contributed by atoms with Gasteiger partial charge in [0.05, 0.1) is 17.8 Å². The summed E-state index contributed by atoms with van der Waals surface area (Å²) in [6.07, 6.45) is 1.74. The van der Waals surface area contributed by atoms with Gasteiger partial charge in [0, 0.05) is 24.3 Å². The third kappa shape index (κ3) is 2.97. The van der Waals surface area contributed by atoms with Gasteiger partial charge in [-0.25, -0.2) is 0 Å². The van der Waals surface area contributed by atoms with Crippen LogP contribution in [0.1, 0.15) is 15.9 Å². The van der Waals surface area contributed by atoms with Gasteiger partial charge in [0.15, 0.2) is 0 Å². The number of amides is 1. The number of aromatic nitrogens is 1. The first-order valence-electron chi connectivity index (χ1n) is 7.01. The van der Waals surface area contributed by atoms with E-state index in [-0.39, 0.29) is 5.91 Å². The molecular formula is C18H16N2O2. The summed E-state index contributed by atoms with van der Waals surface area (Å²) in [6.45, 7) is 0.539. The fraction of sp³-hybridized carbons (Fsp3) is 0.111. The smallest absolute Gasteiger partial charge is 0.255 e. The number of hydrogen-bond acceptors (Lipinski definition) is 3. The lowest BCUT2D eigenvalue weighted by atomic mass is 10.1. The van der Waals surface area contributed by atoms with Crippen LogP contribution in [0.5, 0.6) is 0 Å². The molecule has 3 aromatic rings. The van der Waals surface area contributed by atoms with Crippen molar-refractivity contribution in [3.63, 3.8) is 0 Å². The molecule has 0 bridgehead atoms. The van der Waals surface area contributed by atoms with Gasteiger partial charge in [0.2, 0.25) is 0 Å². The molecule has 0 aliphatic carbocycles. The van der Waals surface area contributed by atoms with Gasteiger partial charge >= 0.3 is 0 Å². The van der Waals surface area contributed by atoms with E-state index in [1.807, 2.05) is 42.5 Å². The Morgan fingerprint density at radius 2 is 1.91 bits per heavy atom. The highest BCUT2D eigenvalue weighted by Crippen LogP contribution is 2.22. The highest BCUT2D eigenvalue weighted by atomic mass is 16.5. The fourth-order valence-electron chi connectivity index (χ4n) is 2.33. The Hall–Kier alpha value is -2.72. The normalized spacial score (nSPS) is 10.6. The van der Waals surface area contributed by atoms with Gasteiger partial charge in [-0.05, 0) is 42.0 Å². The first kappa shape index (κ1) is 14.2. The average Bonchev–Trinajstić information content (AvgIpc) is 2.56. The quantitative estimate of drug-likeness (QED) is 0.799. The van der Waals surface area contributed by atoms with Crippen molar-refractivity contribution in [2.24, 2.45) is 0 Å². The fourth-order valence-corrected chi connectivity index (χ4v) is 2.33. The van der Waals surface area contributed by atoms with Gasteiger partial charge in [-0.3, -0.25) is 9.78 Å². The van der Waals surface area contributed by atoms with Gasteiger partial charge in [0.25, 0.3) is 5.91 Å². The van der Waals surface area contributed by atoms with Crippen LogP contribution in [0.15, 0.2) is 60.8 Å². The molecule has 1 heterocycles. The van der Waals surface area contributed by atoms with Crippen molar-refractivity contribution >= 4 is 22.5 Å². The average molecular weight is 292 g/mol. The molecule has 4 nitrogen and oxygen atoms in total. The first-order valence-corrected chi connectivity index (χ1v) is 7.01. The molecule has 1 N–H and O–H groups in total. The number of nitrogens with zero attached hydrogens (tertiary/aromatic N) is 1. The van der Waals surface area contributed by atoms with Crippen LogP contribution in [0.25, 0.3) is 10.9 Å². The number of fused-ring (bicyclic) bond motifs is 1. The Kier molecular flexibility index (Phi) is 4.12. The maximum Gasteiger partial charge on any atom is 0.255 e. The molecule has 110 valence electrons.